The summed E-state index contributed by atoms with van der Waals surface area (Å²) in [5.41, 5.74) is 4.48. The summed E-state index contributed by atoms with van der Waals surface area (Å²) in [6, 6.07) is 20.2. The number of imidazole rings is 1. The van der Waals surface area contributed by atoms with Crippen LogP contribution in [0.2, 0.25) is 0 Å². The Morgan fingerprint density at radius 1 is 1.11 bits per heavy atom. The molecule has 1 aromatic heterocycles. The van der Waals surface area contributed by atoms with Crippen molar-refractivity contribution >= 4 is 5.97 Å². The van der Waals surface area contributed by atoms with E-state index in [0.29, 0.717) is 24.4 Å². The van der Waals surface area contributed by atoms with E-state index in [2.05, 4.69) is 29.9 Å². The minimum absolute atomic E-state index is 0.0928. The first-order chi connectivity index (χ1) is 13.6. The third-order valence-corrected chi connectivity index (χ3v) is 4.40. The average molecular weight is 372 g/mol. The molecule has 0 saturated heterocycles. The normalized spacial score (nSPS) is 10.5. The van der Waals surface area contributed by atoms with Crippen molar-refractivity contribution in [2.45, 2.75) is 26.5 Å². The van der Waals surface area contributed by atoms with Crippen molar-refractivity contribution < 1.29 is 9.53 Å². The van der Waals surface area contributed by atoms with Crippen LogP contribution in [0.1, 0.15) is 24.0 Å². The van der Waals surface area contributed by atoms with Gasteiger partial charge in [-0.1, -0.05) is 73.3 Å². The highest BCUT2D eigenvalue weighted by molar-refractivity contribution is 5.86. The monoisotopic (exact) mass is 372 g/mol. The van der Waals surface area contributed by atoms with Crippen LogP contribution in [0.3, 0.4) is 0 Å². The van der Waals surface area contributed by atoms with Crippen LogP contribution < -0.4 is 0 Å². The van der Waals surface area contributed by atoms with Crippen molar-refractivity contribution in [1.29, 1.82) is 0 Å². The Labute approximate surface area is 165 Å². The first-order valence-electron chi connectivity index (χ1n) is 9.21. The minimum Gasteiger partial charge on any atom is -0.454 e. The number of carbonyl (C=O) groups is 1. The molecule has 0 atom stereocenters. The largest absolute Gasteiger partial charge is 0.454 e. The molecule has 0 bridgehead atoms. The summed E-state index contributed by atoms with van der Waals surface area (Å²) in [6.45, 7) is 9.92. The highest BCUT2D eigenvalue weighted by Crippen LogP contribution is 2.26. The van der Waals surface area contributed by atoms with Crippen molar-refractivity contribution in [3.63, 3.8) is 0 Å². The lowest BCUT2D eigenvalue weighted by Crippen LogP contribution is -2.12. The number of hydrogen-bond acceptors (Lipinski definition) is 3. The van der Waals surface area contributed by atoms with Crippen LogP contribution in [-0.4, -0.2) is 15.5 Å². The van der Waals surface area contributed by atoms with Crippen LogP contribution in [0, 0.1) is 0 Å². The molecule has 142 valence electrons. The maximum atomic E-state index is 11.9. The van der Waals surface area contributed by atoms with Gasteiger partial charge in [0.05, 0.1) is 5.69 Å². The number of carbonyl (C=O) groups excluding carboxylic acids is 1. The van der Waals surface area contributed by atoms with Crippen LogP contribution in [0.5, 0.6) is 0 Å². The number of nitrogens with zero attached hydrogens (tertiary/aromatic N) is 2. The molecule has 3 aromatic rings. The van der Waals surface area contributed by atoms with Gasteiger partial charge in [-0.05, 0) is 12.5 Å². The Morgan fingerprint density at radius 2 is 1.75 bits per heavy atom. The van der Waals surface area contributed by atoms with E-state index in [9.17, 15) is 4.79 Å². The van der Waals surface area contributed by atoms with E-state index >= 15 is 0 Å². The highest BCUT2D eigenvalue weighted by atomic mass is 16.5. The van der Waals surface area contributed by atoms with Crippen LogP contribution in [-0.2, 0) is 29.1 Å². The van der Waals surface area contributed by atoms with Gasteiger partial charge < -0.3 is 9.30 Å². The standard InChI is InChI=1S/C24H24N2O2/c1-4-11-21-23(20-14-9-6-10-15-20)25-22(17-28-24(27)18(2)3)26(21)16-19-12-7-5-8-13-19/h4-10,12-15H,1-2,11,16-17H2,3H3. The summed E-state index contributed by atoms with van der Waals surface area (Å²) < 4.78 is 7.52. The molecule has 1 heterocycles. The molecule has 0 amide bonds. The highest BCUT2D eigenvalue weighted by Gasteiger charge is 2.19. The summed E-state index contributed by atoms with van der Waals surface area (Å²) in [7, 11) is 0. The zero-order chi connectivity index (χ0) is 19.9. The van der Waals surface area contributed by atoms with Crippen molar-refractivity contribution in [2.24, 2.45) is 0 Å². The van der Waals surface area contributed by atoms with E-state index in [1.165, 1.54) is 0 Å². The van der Waals surface area contributed by atoms with Crippen molar-refractivity contribution in [2.75, 3.05) is 0 Å². The van der Waals surface area contributed by atoms with Gasteiger partial charge in [-0.25, -0.2) is 9.78 Å². The molecule has 0 saturated carbocycles. The van der Waals surface area contributed by atoms with E-state index in [1.807, 2.05) is 54.6 Å². The van der Waals surface area contributed by atoms with Crippen LogP contribution in [0.4, 0.5) is 0 Å². The molecule has 3 rings (SSSR count). The summed E-state index contributed by atoms with van der Waals surface area (Å²) in [5, 5.41) is 0. The fourth-order valence-corrected chi connectivity index (χ4v) is 3.02. The predicted octanol–water partition coefficient (Wildman–Crippen LogP) is 4.95. The molecular formula is C24H24N2O2. The van der Waals surface area contributed by atoms with Gasteiger partial charge in [0.2, 0.25) is 0 Å². The first-order valence-corrected chi connectivity index (χ1v) is 9.21. The minimum atomic E-state index is -0.416. The van der Waals surface area contributed by atoms with Gasteiger partial charge >= 0.3 is 5.97 Å². The molecule has 2 aromatic carbocycles. The van der Waals surface area contributed by atoms with E-state index in [4.69, 9.17) is 9.72 Å². The third-order valence-electron chi connectivity index (χ3n) is 4.40. The van der Waals surface area contributed by atoms with Gasteiger partial charge in [0.25, 0.3) is 0 Å². The Balaban J connectivity index is 2.06. The number of hydrogen-bond donors (Lipinski definition) is 0. The topological polar surface area (TPSA) is 44.1 Å². The van der Waals surface area contributed by atoms with Gasteiger partial charge in [0, 0.05) is 29.8 Å². The molecule has 0 fully saturated rings. The first kappa shape index (κ1) is 19.4. The SMILES string of the molecule is C=CCc1c(-c2ccccc2)nc(COC(=O)C(=C)C)n1Cc1ccccc1. The van der Waals surface area contributed by atoms with Crippen molar-refractivity contribution in [3.05, 3.63) is 103 Å². The second-order valence-electron chi connectivity index (χ2n) is 6.61. The molecule has 0 radical (unpaired) electrons. The van der Waals surface area contributed by atoms with Gasteiger partial charge in [-0.2, -0.15) is 0 Å². The van der Waals surface area contributed by atoms with Gasteiger partial charge in [0.15, 0.2) is 0 Å². The zero-order valence-corrected chi connectivity index (χ0v) is 16.1. The smallest absolute Gasteiger partial charge is 0.333 e. The Morgan fingerprint density at radius 3 is 2.36 bits per heavy atom. The summed E-state index contributed by atoms with van der Waals surface area (Å²) in [4.78, 5) is 16.7. The lowest BCUT2D eigenvalue weighted by Gasteiger charge is -2.12. The molecular weight excluding hydrogens is 348 g/mol. The maximum Gasteiger partial charge on any atom is 0.333 e. The Kier molecular flexibility index (Phi) is 6.22. The van der Waals surface area contributed by atoms with E-state index < -0.39 is 5.97 Å². The Hall–Kier alpha value is -3.40. The van der Waals surface area contributed by atoms with Gasteiger partial charge in [-0.3, -0.25) is 0 Å². The Bertz CT molecular complexity index is 973. The molecule has 28 heavy (non-hydrogen) atoms. The second kappa shape index (κ2) is 9.00. The lowest BCUT2D eigenvalue weighted by atomic mass is 10.1. The number of esters is 1. The number of aromatic nitrogens is 2. The number of ether oxygens (including phenoxy) is 1. The fourth-order valence-electron chi connectivity index (χ4n) is 3.02. The van der Waals surface area contributed by atoms with Gasteiger partial charge in [-0.15, -0.1) is 6.58 Å². The third kappa shape index (κ3) is 4.46. The maximum absolute atomic E-state index is 11.9. The van der Waals surface area contributed by atoms with Crippen LogP contribution in [0.25, 0.3) is 11.3 Å². The zero-order valence-electron chi connectivity index (χ0n) is 16.1. The average Bonchev–Trinajstić information content (AvgIpc) is 3.05. The molecule has 0 unspecified atom stereocenters. The fraction of sp³-hybridized carbons (Fsp3) is 0.167. The quantitative estimate of drug-likeness (QED) is 0.319. The molecule has 0 aliphatic rings. The predicted molar refractivity (Wildman–Crippen MR) is 112 cm³/mol. The molecule has 0 aliphatic carbocycles. The van der Waals surface area contributed by atoms with Crippen LogP contribution >= 0.6 is 0 Å². The van der Waals surface area contributed by atoms with E-state index in [0.717, 1.165) is 22.5 Å². The molecule has 4 nitrogen and oxygen atoms in total. The van der Waals surface area contributed by atoms with E-state index in [1.54, 1.807) is 6.92 Å². The second-order valence-corrected chi connectivity index (χ2v) is 6.61. The van der Waals surface area contributed by atoms with Crippen molar-refractivity contribution in [3.8, 4) is 11.3 Å². The summed E-state index contributed by atoms with van der Waals surface area (Å²) in [6.07, 6.45) is 2.53. The summed E-state index contributed by atoms with van der Waals surface area (Å²) in [5.74, 6) is 0.287. The number of allylic oxidation sites excluding steroid dienone is 1. The van der Waals surface area contributed by atoms with Crippen LogP contribution in [0.15, 0.2) is 85.5 Å². The number of rotatable bonds is 8. The lowest BCUT2D eigenvalue weighted by molar-refractivity contribution is -0.140. The summed E-state index contributed by atoms with van der Waals surface area (Å²) >= 11 is 0. The van der Waals surface area contributed by atoms with E-state index in [-0.39, 0.29) is 6.61 Å². The molecule has 0 spiro atoms. The molecule has 0 N–H and O–H groups in total. The molecule has 4 heteroatoms. The van der Waals surface area contributed by atoms with Crippen molar-refractivity contribution in [1.82, 2.24) is 9.55 Å². The molecule has 0 aliphatic heterocycles. The van der Waals surface area contributed by atoms with Gasteiger partial charge in [0.1, 0.15) is 12.4 Å². The number of benzene rings is 2.